The average molecular weight is 415 g/mol. The predicted octanol–water partition coefficient (Wildman–Crippen LogP) is 4.30. The van der Waals surface area contributed by atoms with Gasteiger partial charge in [0.25, 0.3) is 10.0 Å². The summed E-state index contributed by atoms with van der Waals surface area (Å²) in [5.41, 5.74) is -0.278. The number of rotatable bonds is 5. The molecule has 0 atom stereocenters. The summed E-state index contributed by atoms with van der Waals surface area (Å²) in [6, 6.07) is 6.28. The van der Waals surface area contributed by atoms with E-state index in [9.17, 15) is 26.4 Å². The Balaban J connectivity index is 2.19. The van der Waals surface area contributed by atoms with Crippen LogP contribution in [-0.2, 0) is 14.8 Å². The Kier molecular flexibility index (Phi) is 5.11. The van der Waals surface area contributed by atoms with Crippen LogP contribution in [0.25, 0.3) is 10.1 Å². The molecule has 0 saturated heterocycles. The van der Waals surface area contributed by atoms with Gasteiger partial charge < -0.3 is 4.74 Å². The Morgan fingerprint density at radius 1 is 1.11 bits per heavy atom. The van der Waals surface area contributed by atoms with Crippen molar-refractivity contribution in [1.29, 1.82) is 0 Å². The van der Waals surface area contributed by atoms with Gasteiger partial charge in [-0.2, -0.15) is 0 Å². The van der Waals surface area contributed by atoms with Gasteiger partial charge in [-0.15, -0.1) is 11.3 Å². The molecule has 142 valence electrons. The topological polar surface area (TPSA) is 72.5 Å². The highest BCUT2D eigenvalue weighted by molar-refractivity contribution is 7.93. The lowest BCUT2D eigenvalue weighted by Gasteiger charge is -2.10. The zero-order chi connectivity index (χ0) is 19.8. The van der Waals surface area contributed by atoms with Crippen molar-refractivity contribution in [2.75, 3.05) is 11.3 Å². The molecule has 10 heteroatoms. The first-order valence-corrected chi connectivity index (χ1v) is 9.90. The summed E-state index contributed by atoms with van der Waals surface area (Å²) >= 11 is 0.761. The molecule has 0 radical (unpaired) electrons. The van der Waals surface area contributed by atoms with Crippen molar-refractivity contribution in [3.63, 3.8) is 0 Å². The first-order chi connectivity index (χ1) is 12.7. The second-order valence-electron chi connectivity index (χ2n) is 5.33. The van der Waals surface area contributed by atoms with E-state index in [1.165, 1.54) is 12.1 Å². The van der Waals surface area contributed by atoms with Gasteiger partial charge in [0, 0.05) is 16.2 Å². The molecule has 1 aromatic heterocycles. The molecule has 1 heterocycles. The molecule has 27 heavy (non-hydrogen) atoms. The molecule has 3 rings (SSSR count). The summed E-state index contributed by atoms with van der Waals surface area (Å²) in [5.74, 6) is -4.19. The first kappa shape index (κ1) is 19.2. The second kappa shape index (κ2) is 7.20. The van der Waals surface area contributed by atoms with E-state index < -0.39 is 38.3 Å². The Morgan fingerprint density at radius 3 is 2.52 bits per heavy atom. The summed E-state index contributed by atoms with van der Waals surface area (Å²) in [6.07, 6.45) is 0. The standard InChI is InChI=1S/C17H12F3NO4S2/c1-2-25-17(22)15-16(14-11(19)4-3-5-13(14)26-15)27(23,24)21-9-6-7-10(18)12(20)8-9/h3-8,21H,2H2,1H3. The zero-order valence-corrected chi connectivity index (χ0v) is 15.4. The highest BCUT2D eigenvalue weighted by Crippen LogP contribution is 2.37. The van der Waals surface area contributed by atoms with Crippen LogP contribution < -0.4 is 4.72 Å². The molecule has 1 N–H and O–H groups in total. The highest BCUT2D eigenvalue weighted by atomic mass is 32.2. The minimum Gasteiger partial charge on any atom is -0.462 e. The van der Waals surface area contributed by atoms with E-state index in [1.54, 1.807) is 6.92 Å². The summed E-state index contributed by atoms with van der Waals surface area (Å²) in [6.45, 7) is 1.53. The number of anilines is 1. The van der Waals surface area contributed by atoms with Crippen LogP contribution in [0.1, 0.15) is 16.6 Å². The molecule has 0 fully saturated rings. The van der Waals surface area contributed by atoms with Crippen molar-refractivity contribution in [1.82, 2.24) is 0 Å². The fourth-order valence-electron chi connectivity index (χ4n) is 2.43. The summed E-state index contributed by atoms with van der Waals surface area (Å²) in [5, 5.41) is -0.277. The van der Waals surface area contributed by atoms with Gasteiger partial charge in [-0.05, 0) is 31.2 Å². The molecule has 0 unspecified atom stereocenters. The lowest BCUT2D eigenvalue weighted by Crippen LogP contribution is -2.17. The van der Waals surface area contributed by atoms with Crippen LogP contribution in [0.15, 0.2) is 41.3 Å². The number of carbonyl (C=O) groups is 1. The number of thiophene rings is 1. The zero-order valence-electron chi connectivity index (χ0n) is 13.8. The summed E-state index contributed by atoms with van der Waals surface area (Å²) < 4.78 is 73.6. The van der Waals surface area contributed by atoms with Crippen LogP contribution in [0.2, 0.25) is 0 Å². The molecule has 3 aromatic rings. The predicted molar refractivity (Wildman–Crippen MR) is 94.9 cm³/mol. The number of sulfonamides is 1. The third kappa shape index (κ3) is 3.62. The third-order valence-electron chi connectivity index (χ3n) is 3.52. The van der Waals surface area contributed by atoms with E-state index in [0.29, 0.717) is 6.07 Å². The van der Waals surface area contributed by atoms with E-state index >= 15 is 0 Å². The van der Waals surface area contributed by atoms with Crippen molar-refractivity contribution in [2.24, 2.45) is 0 Å². The molecule has 0 aliphatic rings. The monoisotopic (exact) mass is 415 g/mol. The third-order valence-corrected chi connectivity index (χ3v) is 6.24. The van der Waals surface area contributed by atoms with Gasteiger partial charge in [0.05, 0.1) is 12.3 Å². The normalized spacial score (nSPS) is 11.6. The van der Waals surface area contributed by atoms with Gasteiger partial charge in [0.15, 0.2) is 11.6 Å². The van der Waals surface area contributed by atoms with Crippen molar-refractivity contribution in [2.45, 2.75) is 11.8 Å². The first-order valence-electron chi connectivity index (χ1n) is 7.60. The quantitative estimate of drug-likeness (QED) is 0.631. The largest absolute Gasteiger partial charge is 0.462 e. The molecule has 0 aliphatic heterocycles. The van der Waals surface area contributed by atoms with Gasteiger partial charge in [-0.1, -0.05) is 6.07 Å². The molecular formula is C17H12F3NO4S2. The van der Waals surface area contributed by atoms with E-state index in [0.717, 1.165) is 29.5 Å². The number of hydrogen-bond donors (Lipinski definition) is 1. The number of esters is 1. The lowest BCUT2D eigenvalue weighted by molar-refractivity contribution is 0.0528. The van der Waals surface area contributed by atoms with Crippen molar-refractivity contribution in [3.8, 4) is 0 Å². The van der Waals surface area contributed by atoms with Crippen LogP contribution in [0, 0.1) is 17.5 Å². The SMILES string of the molecule is CCOC(=O)c1sc2cccc(F)c2c1S(=O)(=O)Nc1ccc(F)c(F)c1. The minimum atomic E-state index is -4.51. The Hall–Kier alpha value is -2.59. The number of carbonyl (C=O) groups excluding carboxylic acids is 1. The van der Waals surface area contributed by atoms with Crippen LogP contribution in [0.4, 0.5) is 18.9 Å². The maximum absolute atomic E-state index is 14.3. The molecule has 0 bridgehead atoms. The number of fused-ring (bicyclic) bond motifs is 1. The van der Waals surface area contributed by atoms with Crippen LogP contribution >= 0.6 is 11.3 Å². The average Bonchev–Trinajstić information content (AvgIpc) is 3.00. The van der Waals surface area contributed by atoms with Gasteiger partial charge in [-0.3, -0.25) is 4.72 Å². The van der Waals surface area contributed by atoms with E-state index in [-0.39, 0.29) is 27.3 Å². The van der Waals surface area contributed by atoms with E-state index in [2.05, 4.69) is 0 Å². The number of ether oxygens (including phenoxy) is 1. The smallest absolute Gasteiger partial charge is 0.349 e. The molecule has 5 nitrogen and oxygen atoms in total. The van der Waals surface area contributed by atoms with Crippen molar-refractivity contribution >= 4 is 43.1 Å². The van der Waals surface area contributed by atoms with Crippen LogP contribution in [0.3, 0.4) is 0 Å². The minimum absolute atomic E-state index is 0.00828. The van der Waals surface area contributed by atoms with Crippen LogP contribution in [0.5, 0.6) is 0 Å². The summed E-state index contributed by atoms with van der Waals surface area (Å²) in [7, 11) is -4.51. The second-order valence-corrected chi connectivity index (χ2v) is 8.00. The van der Waals surface area contributed by atoms with E-state index in [4.69, 9.17) is 4.74 Å². The highest BCUT2D eigenvalue weighted by Gasteiger charge is 2.31. The van der Waals surface area contributed by atoms with E-state index in [1.807, 2.05) is 4.72 Å². The van der Waals surface area contributed by atoms with Crippen molar-refractivity contribution in [3.05, 3.63) is 58.7 Å². The Labute approximate surface area is 156 Å². The van der Waals surface area contributed by atoms with Gasteiger partial charge in [0.2, 0.25) is 0 Å². The molecule has 0 amide bonds. The molecule has 0 aliphatic carbocycles. The van der Waals surface area contributed by atoms with Crippen LogP contribution in [-0.4, -0.2) is 21.0 Å². The number of hydrogen-bond acceptors (Lipinski definition) is 5. The fraction of sp³-hybridized carbons (Fsp3) is 0.118. The molecule has 0 saturated carbocycles. The number of benzene rings is 2. The Morgan fingerprint density at radius 2 is 1.85 bits per heavy atom. The van der Waals surface area contributed by atoms with Gasteiger partial charge >= 0.3 is 5.97 Å². The van der Waals surface area contributed by atoms with Gasteiger partial charge in [-0.25, -0.2) is 26.4 Å². The molecule has 2 aromatic carbocycles. The summed E-state index contributed by atoms with van der Waals surface area (Å²) in [4.78, 5) is 11.3. The molecule has 0 spiro atoms. The number of nitrogens with one attached hydrogen (secondary N) is 1. The maximum atomic E-state index is 14.3. The molecular weight excluding hydrogens is 403 g/mol. The van der Waals surface area contributed by atoms with Crippen molar-refractivity contribution < 1.29 is 31.1 Å². The van der Waals surface area contributed by atoms with Gasteiger partial charge in [0.1, 0.15) is 15.6 Å². The number of halogens is 3. The lowest BCUT2D eigenvalue weighted by atomic mass is 10.2. The maximum Gasteiger partial charge on any atom is 0.349 e. The fourth-order valence-corrected chi connectivity index (χ4v) is 5.30. The Bertz CT molecular complexity index is 1140.